The van der Waals surface area contributed by atoms with Crippen molar-refractivity contribution in [1.82, 2.24) is 9.38 Å². The van der Waals surface area contributed by atoms with Gasteiger partial charge in [-0.1, -0.05) is 29.5 Å². The van der Waals surface area contributed by atoms with Crippen LogP contribution in [0.25, 0.3) is 26.3 Å². The smallest absolute Gasteiger partial charge is 0.194 e. The number of nitrogens with zero attached hydrogens (tertiary/aromatic N) is 2. The first-order valence-electron chi connectivity index (χ1n) is 6.03. The average molecular weight is 265 g/mol. The van der Waals surface area contributed by atoms with Gasteiger partial charge in [0.15, 0.2) is 4.96 Å². The van der Waals surface area contributed by atoms with E-state index in [4.69, 9.17) is 5.73 Å². The lowest BCUT2D eigenvalue weighted by Gasteiger charge is -2.03. The molecule has 2 heterocycles. The third-order valence-corrected chi connectivity index (χ3v) is 4.28. The van der Waals surface area contributed by atoms with Crippen molar-refractivity contribution in [3.05, 3.63) is 54.9 Å². The standard InChI is InChI=1S/C15H11N3S/c16-12-3-1-2-10(8-12)11-4-5-13-14(9-11)19-15-17-6-7-18(13)15/h1-9H,16H2. The van der Waals surface area contributed by atoms with Gasteiger partial charge in [0.25, 0.3) is 0 Å². The van der Waals surface area contributed by atoms with Crippen molar-refractivity contribution in [2.45, 2.75) is 0 Å². The van der Waals surface area contributed by atoms with Gasteiger partial charge in [0.05, 0.1) is 10.2 Å². The molecule has 92 valence electrons. The molecule has 0 atom stereocenters. The Bertz CT molecular complexity index is 889. The Morgan fingerprint density at radius 2 is 1.95 bits per heavy atom. The predicted octanol–water partition coefficient (Wildman–Crippen LogP) is 3.80. The lowest BCUT2D eigenvalue weighted by atomic mass is 10.1. The monoisotopic (exact) mass is 265 g/mol. The number of fused-ring (bicyclic) bond motifs is 3. The Labute approximate surface area is 113 Å². The van der Waals surface area contributed by atoms with Crippen LogP contribution in [0, 0.1) is 0 Å². The Balaban J connectivity index is 1.96. The quantitative estimate of drug-likeness (QED) is 0.532. The summed E-state index contributed by atoms with van der Waals surface area (Å²) in [5, 5.41) is 0. The fourth-order valence-corrected chi connectivity index (χ4v) is 3.36. The van der Waals surface area contributed by atoms with Crippen molar-refractivity contribution in [1.29, 1.82) is 0 Å². The fraction of sp³-hybridized carbons (Fsp3) is 0. The highest BCUT2D eigenvalue weighted by atomic mass is 32.1. The van der Waals surface area contributed by atoms with Gasteiger partial charge in [0.2, 0.25) is 0 Å². The molecule has 0 aliphatic rings. The van der Waals surface area contributed by atoms with Gasteiger partial charge < -0.3 is 5.73 Å². The number of hydrogen-bond donors (Lipinski definition) is 1. The summed E-state index contributed by atoms with van der Waals surface area (Å²) in [6.07, 6.45) is 3.82. The van der Waals surface area contributed by atoms with Crippen LogP contribution in [0.2, 0.25) is 0 Å². The van der Waals surface area contributed by atoms with Gasteiger partial charge in [-0.3, -0.25) is 4.40 Å². The summed E-state index contributed by atoms with van der Waals surface area (Å²) in [4.78, 5) is 5.36. The van der Waals surface area contributed by atoms with Gasteiger partial charge in [-0.05, 0) is 35.4 Å². The van der Waals surface area contributed by atoms with E-state index in [-0.39, 0.29) is 0 Å². The summed E-state index contributed by atoms with van der Waals surface area (Å²) < 4.78 is 3.35. The summed E-state index contributed by atoms with van der Waals surface area (Å²) in [5.74, 6) is 0. The van der Waals surface area contributed by atoms with Gasteiger partial charge in [-0.2, -0.15) is 0 Å². The minimum atomic E-state index is 0.790. The Morgan fingerprint density at radius 3 is 2.84 bits per heavy atom. The zero-order valence-corrected chi connectivity index (χ0v) is 10.9. The average Bonchev–Trinajstić information content (AvgIpc) is 2.98. The fourth-order valence-electron chi connectivity index (χ4n) is 2.34. The van der Waals surface area contributed by atoms with Crippen molar-refractivity contribution in [3.8, 4) is 11.1 Å². The number of rotatable bonds is 1. The Kier molecular flexibility index (Phi) is 2.13. The van der Waals surface area contributed by atoms with E-state index in [1.165, 1.54) is 15.8 Å². The number of imidazole rings is 1. The summed E-state index contributed by atoms with van der Waals surface area (Å²) >= 11 is 1.70. The molecular weight excluding hydrogens is 254 g/mol. The van der Waals surface area contributed by atoms with E-state index in [0.717, 1.165) is 16.2 Å². The normalized spacial score (nSPS) is 11.4. The molecule has 0 unspecified atom stereocenters. The van der Waals surface area contributed by atoms with Gasteiger partial charge in [-0.15, -0.1) is 0 Å². The summed E-state index contributed by atoms with van der Waals surface area (Å²) in [5.41, 5.74) is 10.2. The second kappa shape index (κ2) is 3.83. The zero-order valence-electron chi connectivity index (χ0n) is 10.1. The maximum atomic E-state index is 5.84. The van der Waals surface area contributed by atoms with E-state index in [9.17, 15) is 0 Å². The van der Waals surface area contributed by atoms with E-state index < -0.39 is 0 Å². The van der Waals surface area contributed by atoms with E-state index in [1.54, 1.807) is 11.3 Å². The first-order chi connectivity index (χ1) is 9.31. The van der Waals surface area contributed by atoms with E-state index >= 15 is 0 Å². The maximum Gasteiger partial charge on any atom is 0.194 e. The van der Waals surface area contributed by atoms with E-state index in [1.807, 2.05) is 30.6 Å². The molecule has 2 aromatic carbocycles. The van der Waals surface area contributed by atoms with Crippen molar-refractivity contribution < 1.29 is 0 Å². The van der Waals surface area contributed by atoms with Crippen molar-refractivity contribution in [3.63, 3.8) is 0 Å². The number of nitrogen functional groups attached to an aromatic ring is 1. The largest absolute Gasteiger partial charge is 0.399 e. The van der Waals surface area contributed by atoms with Gasteiger partial charge in [0.1, 0.15) is 0 Å². The third kappa shape index (κ3) is 1.61. The molecule has 4 rings (SSSR count). The Hall–Kier alpha value is -2.33. The third-order valence-electron chi connectivity index (χ3n) is 3.25. The first-order valence-corrected chi connectivity index (χ1v) is 6.84. The molecule has 0 amide bonds. The van der Waals surface area contributed by atoms with Gasteiger partial charge in [0, 0.05) is 18.1 Å². The highest BCUT2D eigenvalue weighted by Gasteiger charge is 2.06. The molecule has 2 N–H and O–H groups in total. The summed E-state index contributed by atoms with van der Waals surface area (Å²) in [6, 6.07) is 14.4. The summed E-state index contributed by atoms with van der Waals surface area (Å²) in [7, 11) is 0. The SMILES string of the molecule is Nc1cccc(-c2ccc3c(c2)sc2nccn23)c1. The molecule has 0 aliphatic carbocycles. The van der Waals surface area contributed by atoms with Crippen LogP contribution in [0.1, 0.15) is 0 Å². The Morgan fingerprint density at radius 1 is 1.05 bits per heavy atom. The molecule has 3 nitrogen and oxygen atoms in total. The van der Waals surface area contributed by atoms with Crippen molar-refractivity contribution >= 4 is 32.2 Å². The number of nitrogens with two attached hydrogens (primary N) is 1. The molecule has 0 saturated carbocycles. The maximum absolute atomic E-state index is 5.84. The van der Waals surface area contributed by atoms with Crippen LogP contribution in [0.15, 0.2) is 54.9 Å². The topological polar surface area (TPSA) is 43.3 Å². The number of thiazole rings is 1. The first kappa shape index (κ1) is 10.6. The predicted molar refractivity (Wildman–Crippen MR) is 80.4 cm³/mol. The number of hydrogen-bond acceptors (Lipinski definition) is 3. The number of aromatic nitrogens is 2. The molecule has 0 saturated heterocycles. The van der Waals surface area contributed by atoms with Crippen LogP contribution in [0.5, 0.6) is 0 Å². The highest BCUT2D eigenvalue weighted by molar-refractivity contribution is 7.23. The molecule has 4 heteroatoms. The van der Waals surface area contributed by atoms with Gasteiger partial charge >= 0.3 is 0 Å². The minimum absolute atomic E-state index is 0.790. The molecule has 0 bridgehead atoms. The number of benzene rings is 2. The second-order valence-electron chi connectivity index (χ2n) is 4.49. The highest BCUT2D eigenvalue weighted by Crippen LogP contribution is 2.30. The van der Waals surface area contributed by atoms with Crippen LogP contribution in [-0.4, -0.2) is 9.38 Å². The molecule has 2 aromatic heterocycles. The van der Waals surface area contributed by atoms with Crippen LogP contribution >= 0.6 is 11.3 Å². The van der Waals surface area contributed by atoms with Crippen molar-refractivity contribution in [2.24, 2.45) is 0 Å². The molecule has 0 radical (unpaired) electrons. The lowest BCUT2D eigenvalue weighted by molar-refractivity contribution is 1.30. The van der Waals surface area contributed by atoms with E-state index in [2.05, 4.69) is 33.7 Å². The molecule has 0 fully saturated rings. The van der Waals surface area contributed by atoms with E-state index in [0.29, 0.717) is 0 Å². The van der Waals surface area contributed by atoms with Crippen LogP contribution < -0.4 is 5.73 Å². The summed E-state index contributed by atoms with van der Waals surface area (Å²) in [6.45, 7) is 0. The van der Waals surface area contributed by atoms with Crippen LogP contribution in [0.3, 0.4) is 0 Å². The molecule has 19 heavy (non-hydrogen) atoms. The van der Waals surface area contributed by atoms with Crippen LogP contribution in [0.4, 0.5) is 5.69 Å². The minimum Gasteiger partial charge on any atom is -0.399 e. The molecule has 4 aromatic rings. The second-order valence-corrected chi connectivity index (χ2v) is 5.50. The lowest BCUT2D eigenvalue weighted by Crippen LogP contribution is -1.85. The molecule has 0 spiro atoms. The molecule has 0 aliphatic heterocycles. The van der Waals surface area contributed by atoms with Crippen molar-refractivity contribution in [2.75, 3.05) is 5.73 Å². The van der Waals surface area contributed by atoms with Gasteiger partial charge in [-0.25, -0.2) is 4.98 Å². The number of anilines is 1. The zero-order chi connectivity index (χ0) is 12.8. The molecular formula is C15H11N3S. The van der Waals surface area contributed by atoms with Crippen LogP contribution in [-0.2, 0) is 0 Å².